The number of esters is 1. The topological polar surface area (TPSA) is 44.8 Å². The van der Waals surface area contributed by atoms with Crippen LogP contribution >= 0.6 is 0 Å². The molecule has 1 aliphatic heterocycles. The van der Waals surface area contributed by atoms with Crippen molar-refractivity contribution in [3.8, 4) is 0 Å². The van der Waals surface area contributed by atoms with Crippen LogP contribution in [0.3, 0.4) is 0 Å². The van der Waals surface area contributed by atoms with E-state index in [0.29, 0.717) is 5.92 Å². The van der Waals surface area contributed by atoms with Crippen molar-refractivity contribution < 1.29 is 19.3 Å². The summed E-state index contributed by atoms with van der Waals surface area (Å²) in [6.45, 7) is 13.5. The zero-order valence-electron chi connectivity index (χ0n) is 19.5. The van der Waals surface area contributed by atoms with Crippen LogP contribution in [0, 0.1) is 23.2 Å². The molecule has 0 radical (unpaired) electrons. The fourth-order valence-corrected chi connectivity index (χ4v) is 5.99. The minimum Gasteiger partial charge on any atom is -0.469 e. The second kappa shape index (κ2) is 8.55. The molecule has 4 heteroatoms. The number of fused-ring (bicyclic) bond motifs is 1. The molecule has 0 aromatic carbocycles. The summed E-state index contributed by atoms with van der Waals surface area (Å²) >= 11 is 0. The van der Waals surface area contributed by atoms with Crippen molar-refractivity contribution in [2.24, 2.45) is 23.2 Å². The van der Waals surface area contributed by atoms with Crippen LogP contribution in [-0.4, -0.2) is 24.8 Å². The Morgan fingerprint density at radius 2 is 2.00 bits per heavy atom. The molecule has 1 heterocycles. The van der Waals surface area contributed by atoms with Crippen molar-refractivity contribution in [1.82, 2.24) is 0 Å². The highest BCUT2D eigenvalue weighted by Gasteiger charge is 2.44. The van der Waals surface area contributed by atoms with Gasteiger partial charge in [-0.2, -0.15) is 0 Å². The molecule has 5 atom stereocenters. The van der Waals surface area contributed by atoms with Gasteiger partial charge in [0.25, 0.3) is 0 Å². The second-order valence-corrected chi connectivity index (χ2v) is 10.5. The van der Waals surface area contributed by atoms with Crippen molar-refractivity contribution in [2.75, 3.05) is 7.11 Å². The number of hydrogen-bond acceptors (Lipinski definition) is 4. The van der Waals surface area contributed by atoms with Crippen LogP contribution in [0.2, 0.25) is 0 Å². The Labute approximate surface area is 177 Å². The highest BCUT2D eigenvalue weighted by molar-refractivity contribution is 5.72. The standard InChI is InChI=1S/C25H40O4/c1-16-8-9-21-19(14-16)15-17(2)20(24(21,4)5)10-12-25(6)13-11-22(28-29-25)18(3)23(26)27-7/h14,18-19,21-22H,8-13,15H2,1-7H3/t18-,19?,21?,22+,25+/m0/s1. The van der Waals surface area contributed by atoms with Gasteiger partial charge in [0.1, 0.15) is 11.7 Å². The molecule has 0 aromatic rings. The van der Waals surface area contributed by atoms with E-state index in [-0.39, 0.29) is 29.0 Å². The normalized spacial score (nSPS) is 35.6. The minimum atomic E-state index is -0.300. The van der Waals surface area contributed by atoms with Crippen LogP contribution in [0.15, 0.2) is 22.8 Å². The molecule has 2 aliphatic carbocycles. The monoisotopic (exact) mass is 404 g/mol. The maximum atomic E-state index is 11.8. The molecule has 2 unspecified atom stereocenters. The van der Waals surface area contributed by atoms with Gasteiger partial charge in [0.15, 0.2) is 0 Å². The molecule has 4 nitrogen and oxygen atoms in total. The predicted molar refractivity (Wildman–Crippen MR) is 115 cm³/mol. The van der Waals surface area contributed by atoms with Gasteiger partial charge in [-0.05, 0) is 89.9 Å². The van der Waals surface area contributed by atoms with E-state index in [0.717, 1.165) is 31.6 Å². The van der Waals surface area contributed by atoms with Gasteiger partial charge in [-0.3, -0.25) is 4.79 Å². The molecule has 1 saturated heterocycles. The smallest absolute Gasteiger partial charge is 0.311 e. The summed E-state index contributed by atoms with van der Waals surface area (Å²) in [5, 5.41) is 0. The number of rotatable bonds is 5. The summed E-state index contributed by atoms with van der Waals surface area (Å²) in [6.07, 6.45) is 9.80. The van der Waals surface area contributed by atoms with E-state index in [1.165, 1.54) is 26.4 Å². The summed E-state index contributed by atoms with van der Waals surface area (Å²) in [5.41, 5.74) is 4.70. The van der Waals surface area contributed by atoms with E-state index in [4.69, 9.17) is 14.5 Å². The highest BCUT2D eigenvalue weighted by atomic mass is 17.2. The van der Waals surface area contributed by atoms with Crippen LogP contribution in [0.25, 0.3) is 0 Å². The molecular weight excluding hydrogens is 364 g/mol. The third-order valence-corrected chi connectivity index (χ3v) is 7.99. The summed E-state index contributed by atoms with van der Waals surface area (Å²) in [4.78, 5) is 23.3. The molecule has 1 fully saturated rings. The lowest BCUT2D eigenvalue weighted by Gasteiger charge is -2.48. The number of allylic oxidation sites excluding steroid dienone is 4. The third-order valence-electron chi connectivity index (χ3n) is 7.99. The Hall–Kier alpha value is -1.13. The molecule has 0 saturated carbocycles. The lowest BCUT2D eigenvalue weighted by Crippen LogP contribution is -2.42. The second-order valence-electron chi connectivity index (χ2n) is 10.5. The zero-order valence-corrected chi connectivity index (χ0v) is 19.5. The number of hydrogen-bond donors (Lipinski definition) is 0. The molecule has 3 aliphatic rings. The number of methoxy groups -OCH3 is 1. The van der Waals surface area contributed by atoms with Gasteiger partial charge in [0, 0.05) is 0 Å². The first kappa shape index (κ1) is 22.6. The minimum absolute atomic E-state index is 0.222. The van der Waals surface area contributed by atoms with Gasteiger partial charge in [-0.25, -0.2) is 9.78 Å². The summed E-state index contributed by atoms with van der Waals surface area (Å²) in [5.74, 6) is 0.907. The van der Waals surface area contributed by atoms with E-state index in [2.05, 4.69) is 40.7 Å². The van der Waals surface area contributed by atoms with Gasteiger partial charge < -0.3 is 4.74 Å². The van der Waals surface area contributed by atoms with Crippen LogP contribution in [0.1, 0.15) is 86.5 Å². The SMILES string of the molecule is COC(=O)[C@@H](C)[C@H]1CC[C@@](C)(CCC2=C(C)CC3C=C(C)CCC3C2(C)C)OO1. The van der Waals surface area contributed by atoms with Crippen LogP contribution in [-0.2, 0) is 19.3 Å². The highest BCUT2D eigenvalue weighted by Crippen LogP contribution is 2.54. The first-order valence-corrected chi connectivity index (χ1v) is 11.4. The fourth-order valence-electron chi connectivity index (χ4n) is 5.99. The van der Waals surface area contributed by atoms with E-state index >= 15 is 0 Å². The molecule has 0 N–H and O–H groups in total. The molecule has 0 bridgehead atoms. The van der Waals surface area contributed by atoms with Crippen molar-refractivity contribution in [1.29, 1.82) is 0 Å². The molecule has 0 aromatic heterocycles. The van der Waals surface area contributed by atoms with Crippen molar-refractivity contribution in [3.63, 3.8) is 0 Å². The molecule has 29 heavy (non-hydrogen) atoms. The van der Waals surface area contributed by atoms with Gasteiger partial charge in [0.2, 0.25) is 0 Å². The van der Waals surface area contributed by atoms with Gasteiger partial charge in [-0.15, -0.1) is 0 Å². The van der Waals surface area contributed by atoms with E-state index < -0.39 is 0 Å². The van der Waals surface area contributed by atoms with Crippen LogP contribution in [0.5, 0.6) is 0 Å². The Morgan fingerprint density at radius 3 is 2.62 bits per heavy atom. The van der Waals surface area contributed by atoms with Crippen molar-refractivity contribution >= 4 is 5.97 Å². The molecule has 3 rings (SSSR count). The number of carbonyl (C=O) groups is 1. The van der Waals surface area contributed by atoms with Gasteiger partial charge in [0.05, 0.1) is 13.0 Å². The average Bonchev–Trinajstić information content (AvgIpc) is 2.66. The summed E-state index contributed by atoms with van der Waals surface area (Å²) < 4.78 is 4.84. The fraction of sp³-hybridized carbons (Fsp3) is 0.800. The largest absolute Gasteiger partial charge is 0.469 e. The molecule has 164 valence electrons. The van der Waals surface area contributed by atoms with Crippen LogP contribution < -0.4 is 0 Å². The van der Waals surface area contributed by atoms with Crippen molar-refractivity contribution in [2.45, 2.75) is 98.2 Å². The Morgan fingerprint density at radius 1 is 1.28 bits per heavy atom. The van der Waals surface area contributed by atoms with Gasteiger partial charge in [-0.1, -0.05) is 36.6 Å². The number of carbonyl (C=O) groups excluding carboxylic acids is 1. The molecular formula is C25H40O4. The lowest BCUT2D eigenvalue weighted by atomic mass is 9.57. The average molecular weight is 405 g/mol. The van der Waals surface area contributed by atoms with E-state index in [1.54, 1.807) is 16.7 Å². The predicted octanol–water partition coefficient (Wildman–Crippen LogP) is 6.16. The van der Waals surface area contributed by atoms with Crippen LogP contribution in [0.4, 0.5) is 0 Å². The maximum absolute atomic E-state index is 11.8. The zero-order chi connectivity index (χ0) is 21.4. The lowest BCUT2D eigenvalue weighted by molar-refractivity contribution is -0.411. The first-order valence-electron chi connectivity index (χ1n) is 11.4. The van der Waals surface area contributed by atoms with E-state index in [9.17, 15) is 4.79 Å². The Balaban J connectivity index is 1.63. The Bertz CT molecular complexity index is 679. The van der Waals surface area contributed by atoms with E-state index in [1.807, 2.05) is 6.92 Å². The summed E-state index contributed by atoms with van der Waals surface area (Å²) in [7, 11) is 1.42. The first-order chi connectivity index (χ1) is 13.6. The maximum Gasteiger partial charge on any atom is 0.311 e. The summed E-state index contributed by atoms with van der Waals surface area (Å²) in [6, 6.07) is 0. The third kappa shape index (κ3) is 4.64. The Kier molecular flexibility index (Phi) is 6.65. The number of ether oxygens (including phenoxy) is 1. The van der Waals surface area contributed by atoms with Crippen molar-refractivity contribution in [3.05, 3.63) is 22.8 Å². The van der Waals surface area contributed by atoms with Gasteiger partial charge >= 0.3 is 5.97 Å². The quantitative estimate of drug-likeness (QED) is 0.312. The molecule has 0 amide bonds. The molecule has 0 spiro atoms.